The van der Waals surface area contributed by atoms with Gasteiger partial charge in [0.1, 0.15) is 0 Å². The molecule has 3 heterocycles. The minimum Gasteiger partial charge on any atom is -0.314 e. The highest BCUT2D eigenvalue weighted by molar-refractivity contribution is 8.06. The van der Waals surface area contributed by atoms with Crippen molar-refractivity contribution in [3.8, 4) is 0 Å². The van der Waals surface area contributed by atoms with Gasteiger partial charge in [0, 0.05) is 56.7 Å². The zero-order valence-electron chi connectivity index (χ0n) is 49.7. The van der Waals surface area contributed by atoms with Crippen LogP contribution < -0.4 is 25.6 Å². The second kappa shape index (κ2) is 16.7. The fourth-order valence-electron chi connectivity index (χ4n) is 16.1. The number of nitrogens with zero attached hydrogens (tertiary/aromatic N) is 3. The maximum atomic E-state index is 2.88. The van der Waals surface area contributed by atoms with Crippen molar-refractivity contribution in [3.05, 3.63) is 165 Å². The molecule has 0 N–H and O–H groups in total. The summed E-state index contributed by atoms with van der Waals surface area (Å²) in [5.41, 5.74) is 24.3. The molecule has 5 heteroatoms. The van der Waals surface area contributed by atoms with Crippen molar-refractivity contribution in [3.63, 3.8) is 0 Å². The van der Waals surface area contributed by atoms with E-state index >= 15 is 0 Å². The van der Waals surface area contributed by atoms with Crippen LogP contribution in [0.4, 0.5) is 45.5 Å². The third kappa shape index (κ3) is 7.71. The Kier molecular flexibility index (Phi) is 11.1. The monoisotopic (exact) mass is 1040 g/mol. The first kappa shape index (κ1) is 51.3. The average molecular weight is 1040 g/mol. The summed E-state index contributed by atoms with van der Waals surface area (Å²) in [5, 5.41) is 0.440. The van der Waals surface area contributed by atoms with Gasteiger partial charge in [-0.05, 0) is 211 Å². The van der Waals surface area contributed by atoms with E-state index in [4.69, 9.17) is 0 Å². The first-order valence-corrected chi connectivity index (χ1v) is 30.6. The number of para-hydroxylation sites is 2. The molecule has 1 fully saturated rings. The summed E-state index contributed by atoms with van der Waals surface area (Å²) in [5.74, 6) is 0.354. The van der Waals surface area contributed by atoms with E-state index in [-0.39, 0.29) is 50.0 Å². The maximum Gasteiger partial charge on any atom is 0.259 e. The molecule has 0 amide bonds. The van der Waals surface area contributed by atoms with Gasteiger partial charge in [0.05, 0.1) is 5.69 Å². The molecule has 6 aromatic rings. The van der Waals surface area contributed by atoms with E-state index < -0.39 is 0 Å². The van der Waals surface area contributed by atoms with Crippen LogP contribution in [0, 0.1) is 16.7 Å². The highest BCUT2D eigenvalue weighted by Crippen LogP contribution is 2.66. The van der Waals surface area contributed by atoms with Crippen LogP contribution in [0.15, 0.2) is 132 Å². The van der Waals surface area contributed by atoms with Gasteiger partial charge in [-0.3, -0.25) is 0 Å². The van der Waals surface area contributed by atoms with Gasteiger partial charge in [-0.25, -0.2) is 0 Å². The number of hydrogen-bond donors (Lipinski definition) is 0. The second-order valence-corrected chi connectivity index (χ2v) is 31.7. The molecule has 0 aromatic heterocycles. The van der Waals surface area contributed by atoms with Crippen LogP contribution in [-0.2, 0) is 32.5 Å². The van der Waals surface area contributed by atoms with Crippen molar-refractivity contribution >= 4 is 74.9 Å². The van der Waals surface area contributed by atoms with Gasteiger partial charge in [0.25, 0.3) is 6.71 Å². The zero-order valence-corrected chi connectivity index (χ0v) is 50.5. The molecule has 13 rings (SSSR count). The molecule has 7 aliphatic rings. The molecule has 1 saturated carbocycles. The fourth-order valence-corrected chi connectivity index (χ4v) is 18.1. The van der Waals surface area contributed by atoms with Crippen LogP contribution in [-0.4, -0.2) is 12.0 Å². The van der Waals surface area contributed by atoms with Gasteiger partial charge in [-0.2, -0.15) is 0 Å². The van der Waals surface area contributed by atoms with Crippen LogP contribution in [0.1, 0.15) is 196 Å². The zero-order chi connectivity index (χ0) is 54.4. The molecule has 3 nitrogen and oxygen atoms in total. The molecular weight excluding hydrogens is 950 g/mol. The molecular formula is C72H86BN3S. The third-order valence-corrected chi connectivity index (χ3v) is 23.4. The first-order chi connectivity index (χ1) is 36.1. The number of benzene rings is 6. The Balaban J connectivity index is 1.20. The van der Waals surface area contributed by atoms with Crippen LogP contribution in [0.3, 0.4) is 0 Å². The predicted molar refractivity (Wildman–Crippen MR) is 334 cm³/mol. The topological polar surface area (TPSA) is 9.72 Å². The first-order valence-electron chi connectivity index (χ1n) is 29.7. The Morgan fingerprint density at radius 1 is 0.403 bits per heavy atom. The third-order valence-electron chi connectivity index (χ3n) is 21.6. The van der Waals surface area contributed by atoms with E-state index in [1.165, 1.54) is 124 Å². The number of fused-ring (bicyclic) bond motifs is 8. The van der Waals surface area contributed by atoms with Crippen molar-refractivity contribution in [2.75, 3.05) is 14.7 Å². The van der Waals surface area contributed by atoms with Crippen molar-refractivity contribution in [2.45, 2.75) is 200 Å². The number of thioether (sulfide) groups is 1. The van der Waals surface area contributed by atoms with Gasteiger partial charge in [0.2, 0.25) is 0 Å². The van der Waals surface area contributed by atoms with Gasteiger partial charge in [-0.1, -0.05) is 165 Å². The van der Waals surface area contributed by atoms with E-state index in [9.17, 15) is 0 Å². The van der Waals surface area contributed by atoms with E-state index in [0.717, 1.165) is 11.4 Å². The minimum atomic E-state index is 0.0335. The van der Waals surface area contributed by atoms with Crippen LogP contribution in [0.25, 0.3) is 0 Å². The molecule has 3 aliphatic heterocycles. The minimum absolute atomic E-state index is 0.0335. The number of rotatable bonds is 5. The Labute approximate surface area is 468 Å². The lowest BCUT2D eigenvalue weighted by Crippen LogP contribution is -2.56. The van der Waals surface area contributed by atoms with E-state index in [1.54, 1.807) is 16.1 Å². The van der Waals surface area contributed by atoms with E-state index in [1.807, 2.05) is 0 Å². The fraction of sp³-hybridized carbons (Fsp3) is 0.472. The van der Waals surface area contributed by atoms with Gasteiger partial charge in [-0.15, -0.1) is 11.8 Å². The lowest BCUT2D eigenvalue weighted by molar-refractivity contribution is 0.0881. The number of anilines is 8. The predicted octanol–water partition coefficient (Wildman–Crippen LogP) is 19.1. The smallest absolute Gasteiger partial charge is 0.259 e. The lowest BCUT2D eigenvalue weighted by Gasteiger charge is -2.52. The number of hydrogen-bond acceptors (Lipinski definition) is 4. The summed E-state index contributed by atoms with van der Waals surface area (Å²) in [6, 6.07) is 48.5. The molecule has 4 aliphatic carbocycles. The molecule has 6 aromatic carbocycles. The maximum absolute atomic E-state index is 2.88. The molecule has 2 unspecified atom stereocenters. The molecule has 0 spiro atoms. The summed E-state index contributed by atoms with van der Waals surface area (Å²) < 4.78 is 0. The van der Waals surface area contributed by atoms with Gasteiger partial charge < -0.3 is 14.7 Å². The Bertz CT molecular complexity index is 3400. The largest absolute Gasteiger partial charge is 0.314 e. The molecule has 2 atom stereocenters. The molecule has 77 heavy (non-hydrogen) atoms. The Morgan fingerprint density at radius 3 is 1.31 bits per heavy atom. The molecule has 0 saturated heterocycles. The summed E-state index contributed by atoms with van der Waals surface area (Å²) in [4.78, 5) is 9.79. The highest BCUT2D eigenvalue weighted by atomic mass is 32.2. The SMILES string of the molecule is CC1(C)CCC(C)(C)c2cc(N3C4=C(SC5C4C(C)(C)CCC5(C)C)B4c5cc6c(cc5N(c5ccc7c(c5)C(C)(C)CCC7(C)C)c5cc(N(c7ccccc7)c7ccccc7)cc3c54)C(C)(C)CCC6(C)C)ccc21. The quantitative estimate of drug-likeness (QED) is 0.159. The normalized spacial score (nSPS) is 24.6. The van der Waals surface area contributed by atoms with Crippen molar-refractivity contribution in [1.82, 2.24) is 0 Å². The van der Waals surface area contributed by atoms with Crippen molar-refractivity contribution < 1.29 is 0 Å². The van der Waals surface area contributed by atoms with Crippen molar-refractivity contribution in [1.29, 1.82) is 0 Å². The number of allylic oxidation sites excluding steroid dienone is 1. The molecule has 398 valence electrons. The highest BCUT2D eigenvalue weighted by Gasteiger charge is 2.60. The van der Waals surface area contributed by atoms with Crippen LogP contribution in [0.5, 0.6) is 0 Å². The van der Waals surface area contributed by atoms with Crippen LogP contribution >= 0.6 is 11.8 Å². The molecule has 0 bridgehead atoms. The van der Waals surface area contributed by atoms with E-state index in [2.05, 4.69) is 259 Å². The summed E-state index contributed by atoms with van der Waals surface area (Å²) in [6.45, 7) is 40.5. The van der Waals surface area contributed by atoms with E-state index in [0.29, 0.717) is 11.2 Å². The lowest BCUT2D eigenvalue weighted by atomic mass is 9.35. The van der Waals surface area contributed by atoms with Gasteiger partial charge in [0.15, 0.2) is 0 Å². The summed E-state index contributed by atoms with van der Waals surface area (Å²) >= 11 is 2.28. The Hall–Kier alpha value is -5.13. The van der Waals surface area contributed by atoms with Gasteiger partial charge >= 0.3 is 0 Å². The summed E-state index contributed by atoms with van der Waals surface area (Å²) in [7, 11) is 0. The molecule has 0 radical (unpaired) electrons. The van der Waals surface area contributed by atoms with Crippen molar-refractivity contribution in [2.24, 2.45) is 16.7 Å². The standard InChI is InChI=1S/C72H86BN3S/c1-65(2)31-33-67(5,6)52-39-47(27-29-50(52)65)75-57-44-55-54(69(9,10)35-36-70(55,11)12)43-56(57)73-61-58(75)41-49(74(45-23-19-17-20-24-45)46-25-21-18-22-26-46)42-59(61)76(48-28-30-51-53(40-48)68(7,8)34-32-66(51,3)4)62-60-63(77-64(62)73)72(15,16)38-37-71(60,13)14/h17-30,39-44,60,63H,31-38H2,1-16H3. The summed E-state index contributed by atoms with van der Waals surface area (Å²) in [6.07, 6.45) is 9.55. The average Bonchev–Trinajstić information content (AvgIpc) is 3.87. The van der Waals surface area contributed by atoms with Crippen LogP contribution in [0.2, 0.25) is 0 Å². The second-order valence-electron chi connectivity index (χ2n) is 30.5. The Morgan fingerprint density at radius 2 is 0.818 bits per heavy atom.